The molecule has 0 fully saturated rings. The largest absolute Gasteiger partial charge is 0.287 e. The molecule has 2 nitrogen and oxygen atoms in total. The van der Waals surface area contributed by atoms with Gasteiger partial charge in [0.2, 0.25) is 0 Å². The van der Waals surface area contributed by atoms with E-state index < -0.39 is 0 Å². The minimum absolute atomic E-state index is 0.0857. The standard InChI is InChI=1S/C11H16N2S/c1-9(2)8-13(3)10(7-12)11-5-4-6-14-11/h4-6,9-10H,8H2,1-3H3. The Morgan fingerprint density at radius 2 is 2.29 bits per heavy atom. The van der Waals surface area contributed by atoms with Gasteiger partial charge in [0.15, 0.2) is 0 Å². The molecule has 0 spiro atoms. The van der Waals surface area contributed by atoms with Crippen molar-refractivity contribution in [2.75, 3.05) is 13.6 Å². The predicted molar refractivity (Wildman–Crippen MR) is 60.1 cm³/mol. The van der Waals surface area contributed by atoms with Gasteiger partial charge in [-0.05, 0) is 24.4 Å². The van der Waals surface area contributed by atoms with Crippen LogP contribution in [0.25, 0.3) is 0 Å². The highest BCUT2D eigenvalue weighted by molar-refractivity contribution is 7.10. The first-order valence-corrected chi connectivity index (χ1v) is 5.66. The van der Waals surface area contributed by atoms with Crippen molar-refractivity contribution in [3.05, 3.63) is 22.4 Å². The van der Waals surface area contributed by atoms with Crippen LogP contribution in [0.2, 0.25) is 0 Å². The lowest BCUT2D eigenvalue weighted by Gasteiger charge is -2.23. The fourth-order valence-corrected chi connectivity index (χ4v) is 2.34. The Hall–Kier alpha value is -0.850. The third kappa shape index (κ3) is 2.83. The van der Waals surface area contributed by atoms with E-state index >= 15 is 0 Å². The molecule has 3 heteroatoms. The second-order valence-corrected chi connectivity index (χ2v) is 4.86. The molecule has 0 N–H and O–H groups in total. The van der Waals surface area contributed by atoms with Gasteiger partial charge in [-0.1, -0.05) is 19.9 Å². The van der Waals surface area contributed by atoms with Crippen LogP contribution in [0.1, 0.15) is 24.8 Å². The van der Waals surface area contributed by atoms with Crippen LogP contribution in [0.5, 0.6) is 0 Å². The zero-order chi connectivity index (χ0) is 10.6. The van der Waals surface area contributed by atoms with Crippen molar-refractivity contribution in [3.8, 4) is 6.07 Å². The molecular formula is C11H16N2S. The van der Waals surface area contributed by atoms with Gasteiger partial charge in [-0.2, -0.15) is 5.26 Å². The third-order valence-electron chi connectivity index (χ3n) is 2.03. The number of nitriles is 1. The zero-order valence-corrected chi connectivity index (χ0v) is 9.71. The van der Waals surface area contributed by atoms with Crippen LogP contribution in [0.4, 0.5) is 0 Å². The van der Waals surface area contributed by atoms with E-state index in [0.29, 0.717) is 5.92 Å². The van der Waals surface area contributed by atoms with Gasteiger partial charge < -0.3 is 0 Å². The van der Waals surface area contributed by atoms with E-state index in [2.05, 4.69) is 24.8 Å². The Kier molecular flexibility index (Phi) is 4.12. The third-order valence-corrected chi connectivity index (χ3v) is 2.95. The molecule has 0 aliphatic rings. The minimum Gasteiger partial charge on any atom is -0.287 e. The van der Waals surface area contributed by atoms with Gasteiger partial charge in [0.25, 0.3) is 0 Å². The van der Waals surface area contributed by atoms with Crippen molar-refractivity contribution in [1.29, 1.82) is 5.26 Å². The maximum atomic E-state index is 9.10. The molecule has 0 aromatic carbocycles. The van der Waals surface area contributed by atoms with Crippen LogP contribution < -0.4 is 0 Å². The van der Waals surface area contributed by atoms with Crippen molar-refractivity contribution in [2.24, 2.45) is 5.92 Å². The molecule has 1 aromatic heterocycles. The maximum Gasteiger partial charge on any atom is 0.132 e. The van der Waals surface area contributed by atoms with Crippen molar-refractivity contribution >= 4 is 11.3 Å². The highest BCUT2D eigenvalue weighted by atomic mass is 32.1. The summed E-state index contributed by atoms with van der Waals surface area (Å²) in [6.07, 6.45) is 0. The molecule has 0 aliphatic carbocycles. The lowest BCUT2D eigenvalue weighted by molar-refractivity contribution is 0.261. The SMILES string of the molecule is CC(C)CN(C)C(C#N)c1cccs1. The molecular weight excluding hydrogens is 192 g/mol. The highest BCUT2D eigenvalue weighted by Crippen LogP contribution is 2.23. The topological polar surface area (TPSA) is 27.0 Å². The summed E-state index contributed by atoms with van der Waals surface area (Å²) >= 11 is 1.65. The maximum absolute atomic E-state index is 9.10. The number of rotatable bonds is 4. The summed E-state index contributed by atoms with van der Waals surface area (Å²) in [4.78, 5) is 3.24. The molecule has 0 radical (unpaired) electrons. The smallest absolute Gasteiger partial charge is 0.132 e. The average Bonchev–Trinajstić information content (AvgIpc) is 2.57. The van der Waals surface area contributed by atoms with Crippen LogP contribution in [-0.4, -0.2) is 18.5 Å². The summed E-state index contributed by atoms with van der Waals surface area (Å²) in [5.41, 5.74) is 0. The monoisotopic (exact) mass is 208 g/mol. The predicted octanol–water partition coefficient (Wildman–Crippen LogP) is 2.90. The fraction of sp³-hybridized carbons (Fsp3) is 0.545. The molecule has 14 heavy (non-hydrogen) atoms. The van der Waals surface area contributed by atoms with Crippen LogP contribution in [0.3, 0.4) is 0 Å². The lowest BCUT2D eigenvalue weighted by atomic mass is 10.1. The molecule has 0 bridgehead atoms. The summed E-state index contributed by atoms with van der Waals surface area (Å²) in [7, 11) is 2.01. The molecule has 0 saturated carbocycles. The zero-order valence-electron chi connectivity index (χ0n) is 8.90. The summed E-state index contributed by atoms with van der Waals surface area (Å²) in [5, 5.41) is 11.1. The van der Waals surface area contributed by atoms with E-state index in [1.54, 1.807) is 11.3 Å². The summed E-state index contributed by atoms with van der Waals surface area (Å²) in [6, 6.07) is 6.28. The molecule has 76 valence electrons. The fourth-order valence-electron chi connectivity index (χ4n) is 1.51. The molecule has 1 unspecified atom stereocenters. The molecule has 1 atom stereocenters. The minimum atomic E-state index is -0.0857. The van der Waals surface area contributed by atoms with Crippen molar-refractivity contribution in [3.63, 3.8) is 0 Å². The molecule has 0 saturated heterocycles. The van der Waals surface area contributed by atoms with E-state index in [0.717, 1.165) is 11.4 Å². The molecule has 0 amide bonds. The second kappa shape index (κ2) is 5.14. The normalized spacial score (nSPS) is 13.1. The summed E-state index contributed by atoms with van der Waals surface area (Å²) in [5.74, 6) is 0.593. The Morgan fingerprint density at radius 1 is 1.57 bits per heavy atom. The van der Waals surface area contributed by atoms with Crippen molar-refractivity contribution in [2.45, 2.75) is 19.9 Å². The van der Waals surface area contributed by atoms with Gasteiger partial charge >= 0.3 is 0 Å². The van der Waals surface area contributed by atoms with Gasteiger partial charge in [0.05, 0.1) is 6.07 Å². The first-order chi connectivity index (χ1) is 6.65. The number of thiophene rings is 1. The van der Waals surface area contributed by atoms with Gasteiger partial charge in [-0.15, -0.1) is 11.3 Å². The molecule has 1 rings (SSSR count). The lowest BCUT2D eigenvalue weighted by Crippen LogP contribution is -2.26. The van der Waals surface area contributed by atoms with Crippen LogP contribution in [-0.2, 0) is 0 Å². The van der Waals surface area contributed by atoms with Crippen LogP contribution in [0, 0.1) is 17.2 Å². The highest BCUT2D eigenvalue weighted by Gasteiger charge is 2.17. The molecule has 1 aromatic rings. The Bertz CT molecular complexity index is 298. The average molecular weight is 208 g/mol. The van der Waals surface area contributed by atoms with Crippen molar-refractivity contribution in [1.82, 2.24) is 4.90 Å². The second-order valence-electron chi connectivity index (χ2n) is 3.88. The quantitative estimate of drug-likeness (QED) is 0.760. The first-order valence-electron chi connectivity index (χ1n) is 4.78. The van der Waals surface area contributed by atoms with Crippen LogP contribution >= 0.6 is 11.3 Å². The van der Waals surface area contributed by atoms with Gasteiger partial charge in [-0.25, -0.2) is 0 Å². The van der Waals surface area contributed by atoms with E-state index in [-0.39, 0.29) is 6.04 Å². The Morgan fingerprint density at radius 3 is 2.71 bits per heavy atom. The van der Waals surface area contributed by atoms with E-state index in [1.807, 2.05) is 24.6 Å². The van der Waals surface area contributed by atoms with Gasteiger partial charge in [-0.3, -0.25) is 4.90 Å². The van der Waals surface area contributed by atoms with E-state index in [9.17, 15) is 0 Å². The van der Waals surface area contributed by atoms with E-state index in [1.165, 1.54) is 0 Å². The van der Waals surface area contributed by atoms with Crippen LogP contribution in [0.15, 0.2) is 17.5 Å². The molecule has 0 aliphatic heterocycles. The Balaban J connectivity index is 2.69. The Labute approximate surface area is 89.8 Å². The van der Waals surface area contributed by atoms with E-state index in [4.69, 9.17) is 5.26 Å². The number of hydrogen-bond acceptors (Lipinski definition) is 3. The van der Waals surface area contributed by atoms with Gasteiger partial charge in [0, 0.05) is 11.4 Å². The summed E-state index contributed by atoms with van der Waals surface area (Å²) in [6.45, 7) is 5.29. The number of hydrogen-bond donors (Lipinski definition) is 0. The van der Waals surface area contributed by atoms with Crippen molar-refractivity contribution < 1.29 is 0 Å². The van der Waals surface area contributed by atoms with Gasteiger partial charge in [0.1, 0.15) is 6.04 Å². The molecule has 1 heterocycles. The first kappa shape index (κ1) is 11.2. The summed E-state index contributed by atoms with van der Waals surface area (Å²) < 4.78 is 0. The number of nitrogens with zero attached hydrogens (tertiary/aromatic N) is 2.